The Kier molecular flexibility index (Phi) is 5.79. The average Bonchev–Trinajstić information content (AvgIpc) is 2.54. The Hall–Kier alpha value is -1.60. The van der Waals surface area contributed by atoms with E-state index < -0.39 is 4.92 Å². The summed E-state index contributed by atoms with van der Waals surface area (Å²) >= 11 is 1.42. The molecule has 0 bridgehead atoms. The van der Waals surface area contributed by atoms with E-state index in [0.29, 0.717) is 6.54 Å². The molecule has 1 amide bonds. The summed E-state index contributed by atoms with van der Waals surface area (Å²) in [5.74, 6) is 0.0958. The van der Waals surface area contributed by atoms with Crippen molar-refractivity contribution in [3.8, 4) is 0 Å². The smallest absolute Gasteiger partial charge is 0.269 e. The number of non-ortho nitro benzene ring substituents is 1. The van der Waals surface area contributed by atoms with Crippen molar-refractivity contribution < 1.29 is 9.72 Å². The molecule has 0 saturated carbocycles. The molecule has 22 heavy (non-hydrogen) atoms. The first kappa shape index (κ1) is 16.8. The van der Waals surface area contributed by atoms with Crippen LogP contribution in [0.25, 0.3) is 0 Å². The van der Waals surface area contributed by atoms with Crippen LogP contribution in [0.15, 0.2) is 29.2 Å². The van der Waals surface area contributed by atoms with E-state index in [9.17, 15) is 14.9 Å². The van der Waals surface area contributed by atoms with Crippen molar-refractivity contribution in [1.82, 2.24) is 4.90 Å². The minimum absolute atomic E-state index is 0.0579. The Labute approximate surface area is 134 Å². The number of thioether (sulfide) groups is 1. The highest BCUT2D eigenvalue weighted by Gasteiger charge is 2.29. The number of nitrogens with zero attached hydrogens (tertiary/aromatic N) is 2. The predicted octanol–water partition coefficient (Wildman–Crippen LogP) is 2.42. The van der Waals surface area contributed by atoms with Crippen molar-refractivity contribution in [3.05, 3.63) is 34.4 Å². The number of rotatable bonds is 5. The van der Waals surface area contributed by atoms with E-state index in [2.05, 4.69) is 0 Å². The van der Waals surface area contributed by atoms with Gasteiger partial charge in [0.2, 0.25) is 5.91 Å². The maximum absolute atomic E-state index is 12.6. The molecule has 0 aromatic heterocycles. The molecule has 1 fully saturated rings. The number of hydrogen-bond donors (Lipinski definition) is 1. The summed E-state index contributed by atoms with van der Waals surface area (Å²) in [6.45, 7) is 3.14. The molecular formula is C15H21N3O3S. The molecular weight excluding hydrogens is 302 g/mol. The lowest BCUT2D eigenvalue weighted by molar-refractivity contribution is -0.384. The number of piperidine rings is 1. The van der Waals surface area contributed by atoms with Gasteiger partial charge in [0.15, 0.2) is 0 Å². The number of nitro groups is 1. The van der Waals surface area contributed by atoms with Crippen LogP contribution in [0.4, 0.5) is 5.69 Å². The van der Waals surface area contributed by atoms with Crippen molar-refractivity contribution >= 4 is 23.4 Å². The van der Waals surface area contributed by atoms with Crippen molar-refractivity contribution in [2.24, 2.45) is 5.73 Å². The Morgan fingerprint density at radius 2 is 2.14 bits per heavy atom. The third kappa shape index (κ3) is 3.98. The lowest BCUT2D eigenvalue weighted by Crippen LogP contribution is -2.49. The number of likely N-dealkylation sites (tertiary alicyclic amines) is 1. The maximum atomic E-state index is 12.6. The molecule has 0 radical (unpaired) electrons. The third-order valence-corrected chi connectivity index (χ3v) is 4.99. The molecule has 1 aliphatic heterocycles. The van der Waals surface area contributed by atoms with Gasteiger partial charge in [-0.25, -0.2) is 0 Å². The van der Waals surface area contributed by atoms with Gasteiger partial charge in [0, 0.05) is 36.2 Å². The first-order valence-corrected chi connectivity index (χ1v) is 8.32. The third-order valence-electron chi connectivity index (χ3n) is 3.89. The topological polar surface area (TPSA) is 89.5 Å². The zero-order valence-corrected chi connectivity index (χ0v) is 13.4. The normalized spacial score (nSPS) is 19.7. The second kappa shape index (κ2) is 7.60. The first-order valence-electron chi connectivity index (χ1n) is 7.44. The SMILES string of the molecule is CC(Sc1ccc([N+](=O)[O-])cc1)C(=O)N1CCCCC1CN. The Morgan fingerprint density at radius 3 is 2.73 bits per heavy atom. The van der Waals surface area contributed by atoms with Gasteiger partial charge in [0.25, 0.3) is 5.69 Å². The number of hydrogen-bond acceptors (Lipinski definition) is 5. The van der Waals surface area contributed by atoms with Crippen molar-refractivity contribution in [3.63, 3.8) is 0 Å². The van der Waals surface area contributed by atoms with Crippen LogP contribution in [0.2, 0.25) is 0 Å². The highest BCUT2D eigenvalue weighted by molar-refractivity contribution is 8.00. The van der Waals surface area contributed by atoms with Crippen LogP contribution in [0.5, 0.6) is 0 Å². The van der Waals surface area contributed by atoms with Gasteiger partial charge in [-0.1, -0.05) is 0 Å². The van der Waals surface area contributed by atoms with Crippen molar-refractivity contribution in [2.75, 3.05) is 13.1 Å². The molecule has 2 N–H and O–H groups in total. The maximum Gasteiger partial charge on any atom is 0.269 e. The standard InChI is InChI=1S/C15H21N3O3S/c1-11(15(19)17-9-3-2-4-13(17)10-16)22-14-7-5-12(6-8-14)18(20)21/h5-8,11,13H,2-4,9-10,16H2,1H3. The molecule has 1 heterocycles. The Morgan fingerprint density at radius 1 is 1.45 bits per heavy atom. The number of benzene rings is 1. The summed E-state index contributed by atoms with van der Waals surface area (Å²) in [5, 5.41) is 10.4. The average molecular weight is 323 g/mol. The molecule has 2 rings (SSSR count). The van der Waals surface area contributed by atoms with Crippen molar-refractivity contribution in [1.29, 1.82) is 0 Å². The molecule has 1 aromatic carbocycles. The van der Waals surface area contributed by atoms with Crippen LogP contribution in [-0.4, -0.2) is 40.1 Å². The minimum atomic E-state index is -0.428. The van der Waals surface area contributed by atoms with E-state index in [1.54, 1.807) is 12.1 Å². The van der Waals surface area contributed by atoms with Crippen LogP contribution in [0.1, 0.15) is 26.2 Å². The van der Waals surface area contributed by atoms with Gasteiger partial charge in [0.05, 0.1) is 10.2 Å². The Bertz CT molecular complexity index is 535. The van der Waals surface area contributed by atoms with Gasteiger partial charge >= 0.3 is 0 Å². The summed E-state index contributed by atoms with van der Waals surface area (Å²) in [6, 6.07) is 6.43. The van der Waals surface area contributed by atoms with Gasteiger partial charge in [-0.05, 0) is 38.3 Å². The van der Waals surface area contributed by atoms with Gasteiger partial charge in [-0.3, -0.25) is 14.9 Å². The fraction of sp³-hybridized carbons (Fsp3) is 0.533. The Balaban J connectivity index is 1.99. The van der Waals surface area contributed by atoms with E-state index >= 15 is 0 Å². The molecule has 2 atom stereocenters. The van der Waals surface area contributed by atoms with E-state index in [1.165, 1.54) is 23.9 Å². The van der Waals surface area contributed by atoms with Crippen LogP contribution in [0.3, 0.4) is 0 Å². The highest BCUT2D eigenvalue weighted by atomic mass is 32.2. The molecule has 0 spiro atoms. The van der Waals surface area contributed by atoms with Gasteiger partial charge in [-0.15, -0.1) is 11.8 Å². The van der Waals surface area contributed by atoms with E-state index in [0.717, 1.165) is 30.7 Å². The number of carbonyl (C=O) groups excluding carboxylic acids is 1. The first-order chi connectivity index (χ1) is 10.5. The number of nitrogens with two attached hydrogens (primary N) is 1. The quantitative estimate of drug-likeness (QED) is 0.510. The summed E-state index contributed by atoms with van der Waals surface area (Å²) in [4.78, 5) is 25.6. The highest BCUT2D eigenvalue weighted by Crippen LogP contribution is 2.28. The minimum Gasteiger partial charge on any atom is -0.337 e. The number of carbonyl (C=O) groups is 1. The van der Waals surface area contributed by atoms with E-state index in [4.69, 9.17) is 5.73 Å². The zero-order chi connectivity index (χ0) is 16.1. The van der Waals surface area contributed by atoms with Crippen LogP contribution in [0, 0.1) is 10.1 Å². The van der Waals surface area contributed by atoms with Gasteiger partial charge in [0.1, 0.15) is 0 Å². The largest absolute Gasteiger partial charge is 0.337 e. The number of nitro benzene ring substituents is 1. The summed E-state index contributed by atoms with van der Waals surface area (Å²) in [6.07, 6.45) is 3.11. The van der Waals surface area contributed by atoms with Crippen LogP contribution < -0.4 is 5.73 Å². The molecule has 1 saturated heterocycles. The second-order valence-electron chi connectivity index (χ2n) is 5.43. The van der Waals surface area contributed by atoms with E-state index in [1.807, 2.05) is 11.8 Å². The lowest BCUT2D eigenvalue weighted by atomic mass is 10.0. The molecule has 0 aliphatic carbocycles. The molecule has 120 valence electrons. The zero-order valence-electron chi connectivity index (χ0n) is 12.6. The summed E-state index contributed by atoms with van der Waals surface area (Å²) < 4.78 is 0. The monoisotopic (exact) mass is 323 g/mol. The fourth-order valence-electron chi connectivity index (χ4n) is 2.67. The summed E-state index contributed by atoms with van der Waals surface area (Å²) in [7, 11) is 0. The van der Waals surface area contributed by atoms with Crippen LogP contribution in [-0.2, 0) is 4.79 Å². The molecule has 1 aromatic rings. The van der Waals surface area contributed by atoms with Crippen molar-refractivity contribution in [2.45, 2.75) is 42.4 Å². The lowest BCUT2D eigenvalue weighted by Gasteiger charge is -2.36. The van der Waals surface area contributed by atoms with Crippen LogP contribution >= 0.6 is 11.8 Å². The molecule has 1 aliphatic rings. The number of amides is 1. The molecule has 2 unspecified atom stereocenters. The van der Waals surface area contributed by atoms with Gasteiger partial charge in [-0.2, -0.15) is 0 Å². The second-order valence-corrected chi connectivity index (χ2v) is 6.84. The summed E-state index contributed by atoms with van der Waals surface area (Å²) in [5.41, 5.74) is 5.82. The van der Waals surface area contributed by atoms with E-state index in [-0.39, 0.29) is 22.9 Å². The molecule has 6 nitrogen and oxygen atoms in total. The predicted molar refractivity (Wildman–Crippen MR) is 86.8 cm³/mol. The van der Waals surface area contributed by atoms with Gasteiger partial charge < -0.3 is 10.6 Å². The fourth-order valence-corrected chi connectivity index (χ4v) is 3.61. The molecule has 7 heteroatoms.